The Morgan fingerprint density at radius 1 is 1.21 bits per heavy atom. The number of carboxylic acids is 1. The van der Waals surface area contributed by atoms with E-state index in [1.54, 1.807) is 36.4 Å². The van der Waals surface area contributed by atoms with Gasteiger partial charge >= 0.3 is 5.97 Å². The van der Waals surface area contributed by atoms with Crippen molar-refractivity contribution in [2.45, 2.75) is 12.8 Å². The molecule has 0 aliphatic carbocycles. The van der Waals surface area contributed by atoms with E-state index in [0.29, 0.717) is 16.8 Å². The fourth-order valence-corrected chi connectivity index (χ4v) is 2.27. The molecular weight excluding hydrogens is 364 g/mol. The number of nitrogens with one attached hydrogen (secondary N) is 3. The Hall–Kier alpha value is -3.79. The zero-order valence-electron chi connectivity index (χ0n) is 14.9. The molecule has 0 spiro atoms. The van der Waals surface area contributed by atoms with Crippen molar-refractivity contribution >= 4 is 35.6 Å². The number of aryl methyl sites for hydroxylation is 1. The third-order valence-corrected chi connectivity index (χ3v) is 3.56. The van der Waals surface area contributed by atoms with Gasteiger partial charge < -0.3 is 21.2 Å². The monoisotopic (exact) mass is 384 g/mol. The lowest BCUT2D eigenvalue weighted by Crippen LogP contribution is -2.33. The van der Waals surface area contributed by atoms with Gasteiger partial charge in [-0.05, 0) is 36.2 Å². The average Bonchev–Trinajstić information content (AvgIpc) is 2.70. The molecule has 0 bridgehead atoms. The molecule has 0 saturated carbocycles. The lowest BCUT2D eigenvalue weighted by Gasteiger charge is -2.10. The first kappa shape index (κ1) is 20.5. The molecule has 1 heterocycles. The molecule has 10 heteroatoms. The number of carbonyl (C=O) groups is 3. The number of benzene rings is 1. The van der Waals surface area contributed by atoms with Crippen LogP contribution in [0, 0.1) is 0 Å². The number of anilines is 1. The number of hydrazine groups is 1. The minimum Gasteiger partial charge on any atom is -0.481 e. The molecule has 146 valence electrons. The maximum atomic E-state index is 12.2. The van der Waals surface area contributed by atoms with Gasteiger partial charge in [-0.15, -0.1) is 0 Å². The van der Waals surface area contributed by atoms with Crippen molar-refractivity contribution in [2.24, 2.45) is 10.8 Å². The third kappa shape index (κ3) is 6.50. The molecule has 6 N–H and O–H groups in total. The van der Waals surface area contributed by atoms with Gasteiger partial charge in [-0.1, -0.05) is 12.1 Å². The molecule has 0 aliphatic heterocycles. The normalized spacial score (nSPS) is 10.5. The van der Waals surface area contributed by atoms with Crippen molar-refractivity contribution in [1.82, 2.24) is 15.7 Å². The van der Waals surface area contributed by atoms with E-state index in [2.05, 4.69) is 26.0 Å². The number of carboxylic acid groups (broad SMARTS) is 1. The second-order valence-corrected chi connectivity index (χ2v) is 5.61. The van der Waals surface area contributed by atoms with Gasteiger partial charge in [0.25, 0.3) is 5.91 Å². The first-order valence-corrected chi connectivity index (χ1v) is 8.32. The molecule has 0 radical (unpaired) electrons. The van der Waals surface area contributed by atoms with E-state index in [1.807, 2.05) is 0 Å². The topological polar surface area (TPSA) is 159 Å². The third-order valence-electron chi connectivity index (χ3n) is 3.56. The molecule has 10 nitrogen and oxygen atoms in total. The van der Waals surface area contributed by atoms with Crippen LogP contribution in [0.25, 0.3) is 0 Å². The largest absolute Gasteiger partial charge is 0.481 e. The van der Waals surface area contributed by atoms with Crippen molar-refractivity contribution in [3.05, 3.63) is 53.7 Å². The number of aliphatic imine (C=N–C) groups is 1. The number of nitrogens with zero attached hydrogens (tertiary/aromatic N) is 2. The van der Waals surface area contributed by atoms with E-state index in [0.717, 1.165) is 0 Å². The number of aliphatic carboxylic acids is 1. The van der Waals surface area contributed by atoms with E-state index in [1.165, 1.54) is 12.5 Å². The summed E-state index contributed by atoms with van der Waals surface area (Å²) < 4.78 is 0. The van der Waals surface area contributed by atoms with Crippen LogP contribution in [0.5, 0.6) is 0 Å². The highest BCUT2D eigenvalue weighted by molar-refractivity contribution is 5.99. The van der Waals surface area contributed by atoms with Crippen LogP contribution in [-0.2, 0) is 16.0 Å². The van der Waals surface area contributed by atoms with Crippen LogP contribution in [-0.4, -0.2) is 40.8 Å². The summed E-state index contributed by atoms with van der Waals surface area (Å²) in [5.41, 5.74) is 3.72. The lowest BCUT2D eigenvalue weighted by atomic mass is 10.1. The molecule has 2 aromatic rings. The maximum Gasteiger partial charge on any atom is 0.303 e. The number of rotatable bonds is 9. The minimum atomic E-state index is -0.942. The molecule has 0 aliphatic rings. The van der Waals surface area contributed by atoms with E-state index in [9.17, 15) is 14.4 Å². The Kier molecular flexibility index (Phi) is 7.61. The van der Waals surface area contributed by atoms with Gasteiger partial charge in [-0.2, -0.15) is 0 Å². The van der Waals surface area contributed by atoms with Crippen molar-refractivity contribution in [1.29, 1.82) is 0 Å². The fourth-order valence-electron chi connectivity index (χ4n) is 2.27. The number of hydrogen-bond acceptors (Lipinski definition) is 6. The fraction of sp³-hybridized carbons (Fsp3) is 0.167. The highest BCUT2D eigenvalue weighted by atomic mass is 16.4. The standard InChI is InChI=1S/C18H20N6O4/c19-23-11-22-14-5-1-3-13(9-14)18(28)21-10-15(25)24-17-12(4-2-8-20-17)6-7-16(26)27/h1-5,8-9,11H,6-7,10,19H2,(H,21,28)(H,22,23)(H,26,27)(H,20,24,25). The molecule has 1 aromatic heterocycles. The van der Waals surface area contributed by atoms with Crippen LogP contribution < -0.4 is 21.9 Å². The van der Waals surface area contributed by atoms with Gasteiger partial charge in [0.1, 0.15) is 12.2 Å². The van der Waals surface area contributed by atoms with Crippen molar-refractivity contribution < 1.29 is 19.5 Å². The molecule has 0 saturated heterocycles. The summed E-state index contributed by atoms with van der Waals surface area (Å²) in [6.07, 6.45) is 2.92. The molecule has 0 unspecified atom stereocenters. The second kappa shape index (κ2) is 10.4. The summed E-state index contributed by atoms with van der Waals surface area (Å²) in [5, 5.41) is 13.9. The van der Waals surface area contributed by atoms with Crippen molar-refractivity contribution in [3.63, 3.8) is 0 Å². The highest BCUT2D eigenvalue weighted by Gasteiger charge is 2.12. The predicted molar refractivity (Wildman–Crippen MR) is 103 cm³/mol. The second-order valence-electron chi connectivity index (χ2n) is 5.61. The summed E-state index contributed by atoms with van der Waals surface area (Å²) in [6, 6.07) is 9.82. The predicted octanol–water partition coefficient (Wildman–Crippen LogP) is 0.590. The molecule has 2 rings (SSSR count). The molecule has 0 fully saturated rings. The maximum absolute atomic E-state index is 12.2. The minimum absolute atomic E-state index is 0.0796. The Morgan fingerprint density at radius 3 is 2.79 bits per heavy atom. The average molecular weight is 384 g/mol. The number of hydrogen-bond donors (Lipinski definition) is 5. The first-order valence-electron chi connectivity index (χ1n) is 8.32. The molecule has 2 amide bonds. The Balaban J connectivity index is 1.93. The number of amides is 2. The summed E-state index contributed by atoms with van der Waals surface area (Å²) in [7, 11) is 0. The Labute approximate surface area is 160 Å². The smallest absolute Gasteiger partial charge is 0.303 e. The summed E-state index contributed by atoms with van der Waals surface area (Å²) in [4.78, 5) is 43.1. The van der Waals surface area contributed by atoms with Crippen LogP contribution in [0.2, 0.25) is 0 Å². The van der Waals surface area contributed by atoms with E-state index in [4.69, 9.17) is 10.9 Å². The molecule has 1 aromatic carbocycles. The van der Waals surface area contributed by atoms with E-state index in [-0.39, 0.29) is 25.2 Å². The van der Waals surface area contributed by atoms with Crippen molar-refractivity contribution in [2.75, 3.05) is 11.9 Å². The number of carbonyl (C=O) groups excluding carboxylic acids is 2. The van der Waals surface area contributed by atoms with Crippen LogP contribution in [0.3, 0.4) is 0 Å². The summed E-state index contributed by atoms with van der Waals surface area (Å²) >= 11 is 0. The Bertz CT molecular complexity index is 884. The van der Waals surface area contributed by atoms with E-state index >= 15 is 0 Å². The van der Waals surface area contributed by atoms with Gasteiger partial charge in [0.2, 0.25) is 5.91 Å². The van der Waals surface area contributed by atoms with Crippen molar-refractivity contribution in [3.8, 4) is 0 Å². The van der Waals surface area contributed by atoms with Gasteiger partial charge in [0.05, 0.1) is 12.2 Å². The SMILES string of the molecule is NNC=Nc1cccc(C(=O)NCC(=O)Nc2ncccc2CCC(=O)O)c1. The van der Waals surface area contributed by atoms with Crippen LogP contribution in [0.1, 0.15) is 22.3 Å². The zero-order chi connectivity index (χ0) is 20.4. The van der Waals surface area contributed by atoms with Gasteiger partial charge in [-0.25, -0.2) is 15.8 Å². The van der Waals surface area contributed by atoms with E-state index < -0.39 is 17.8 Å². The van der Waals surface area contributed by atoms with Gasteiger partial charge in [0, 0.05) is 18.2 Å². The summed E-state index contributed by atoms with van der Waals surface area (Å²) in [5.74, 6) is 3.51. The van der Waals surface area contributed by atoms with Gasteiger partial charge in [-0.3, -0.25) is 14.4 Å². The number of pyridine rings is 1. The highest BCUT2D eigenvalue weighted by Crippen LogP contribution is 2.14. The molecule has 28 heavy (non-hydrogen) atoms. The molecule has 0 atom stereocenters. The zero-order valence-corrected chi connectivity index (χ0v) is 14.9. The van der Waals surface area contributed by atoms with Crippen LogP contribution in [0.15, 0.2) is 47.6 Å². The van der Waals surface area contributed by atoms with Crippen LogP contribution in [0.4, 0.5) is 11.5 Å². The lowest BCUT2D eigenvalue weighted by molar-refractivity contribution is -0.136. The first-order chi connectivity index (χ1) is 13.5. The Morgan fingerprint density at radius 2 is 2.04 bits per heavy atom. The molecular formula is C18H20N6O4. The summed E-state index contributed by atoms with van der Waals surface area (Å²) in [6.45, 7) is -0.272. The quantitative estimate of drug-likeness (QED) is 0.183. The number of aromatic nitrogens is 1. The van der Waals surface area contributed by atoms with Crippen LogP contribution >= 0.6 is 0 Å². The number of nitrogens with two attached hydrogens (primary N) is 1. The van der Waals surface area contributed by atoms with Gasteiger partial charge in [0.15, 0.2) is 0 Å².